The van der Waals surface area contributed by atoms with E-state index in [9.17, 15) is 0 Å². The normalized spacial score (nSPS) is 10.9. The number of thioether (sulfide) groups is 1. The minimum absolute atomic E-state index is 0.350. The number of hydrogen-bond donors (Lipinski definition) is 1. The molecule has 0 bridgehead atoms. The average molecular weight is 194 g/mol. The summed E-state index contributed by atoms with van der Waals surface area (Å²) in [5.41, 5.74) is 7.11. The summed E-state index contributed by atoms with van der Waals surface area (Å²) in [5.74, 6) is 0.591. The molecule has 2 rings (SSSR count). The molecule has 4 heteroatoms. The van der Waals surface area contributed by atoms with Crippen LogP contribution < -0.4 is 5.73 Å². The summed E-state index contributed by atoms with van der Waals surface area (Å²) in [7, 11) is 0. The second kappa shape index (κ2) is 3.40. The minimum atomic E-state index is 0.350. The van der Waals surface area contributed by atoms with Crippen LogP contribution in [0, 0.1) is 0 Å². The monoisotopic (exact) mass is 194 g/mol. The van der Waals surface area contributed by atoms with E-state index in [4.69, 9.17) is 10.2 Å². The quantitative estimate of drug-likeness (QED) is 0.743. The van der Waals surface area contributed by atoms with Gasteiger partial charge in [-0.15, -0.1) is 11.8 Å². The molecule has 0 atom stereocenters. The van der Waals surface area contributed by atoms with Crippen molar-refractivity contribution in [1.82, 2.24) is 4.98 Å². The van der Waals surface area contributed by atoms with E-state index < -0.39 is 0 Å². The molecular weight excluding hydrogens is 184 g/mol. The zero-order valence-electron chi connectivity index (χ0n) is 7.28. The molecule has 0 aliphatic heterocycles. The van der Waals surface area contributed by atoms with Gasteiger partial charge in [-0.05, 0) is 24.5 Å². The highest BCUT2D eigenvalue weighted by atomic mass is 32.2. The molecule has 0 aliphatic rings. The Morgan fingerprint density at radius 3 is 3.08 bits per heavy atom. The predicted octanol–water partition coefficient (Wildman–Crippen LogP) is 2.01. The first-order chi connectivity index (χ1) is 6.33. The summed E-state index contributed by atoms with van der Waals surface area (Å²) in [5, 5.41) is 0. The number of benzene rings is 1. The van der Waals surface area contributed by atoms with Crippen LogP contribution in [-0.4, -0.2) is 11.2 Å². The highest BCUT2D eigenvalue weighted by Crippen LogP contribution is 2.21. The molecule has 0 spiro atoms. The molecule has 0 radical (unpaired) electrons. The lowest BCUT2D eigenvalue weighted by Crippen LogP contribution is -1.94. The minimum Gasteiger partial charge on any atom is -0.439 e. The average Bonchev–Trinajstić information content (AvgIpc) is 2.58. The van der Waals surface area contributed by atoms with E-state index in [2.05, 4.69) is 4.98 Å². The highest BCUT2D eigenvalue weighted by Gasteiger charge is 2.03. The first kappa shape index (κ1) is 8.59. The molecule has 0 aliphatic carbocycles. The van der Waals surface area contributed by atoms with Gasteiger partial charge >= 0.3 is 0 Å². The molecular formula is C9H10N2OS. The lowest BCUT2D eigenvalue weighted by Gasteiger charge is -1.92. The molecule has 1 heterocycles. The SMILES string of the molecule is CSc1ccc2oc(CN)nc2c1. The molecule has 2 N–H and O–H groups in total. The molecule has 13 heavy (non-hydrogen) atoms. The Balaban J connectivity index is 2.57. The zero-order valence-corrected chi connectivity index (χ0v) is 8.10. The number of rotatable bonds is 2. The van der Waals surface area contributed by atoms with Gasteiger partial charge in [0.2, 0.25) is 5.89 Å². The smallest absolute Gasteiger partial charge is 0.209 e. The van der Waals surface area contributed by atoms with Gasteiger partial charge in [-0.2, -0.15) is 0 Å². The van der Waals surface area contributed by atoms with Crippen LogP contribution in [0.1, 0.15) is 5.89 Å². The fraction of sp³-hybridized carbons (Fsp3) is 0.222. The van der Waals surface area contributed by atoms with Crippen LogP contribution in [0.3, 0.4) is 0 Å². The van der Waals surface area contributed by atoms with Crippen LogP contribution in [0.5, 0.6) is 0 Å². The number of fused-ring (bicyclic) bond motifs is 1. The van der Waals surface area contributed by atoms with E-state index in [1.807, 2.05) is 24.5 Å². The van der Waals surface area contributed by atoms with Gasteiger partial charge < -0.3 is 10.2 Å². The summed E-state index contributed by atoms with van der Waals surface area (Å²) < 4.78 is 5.37. The van der Waals surface area contributed by atoms with Crippen LogP contribution in [0.2, 0.25) is 0 Å². The lowest BCUT2D eigenvalue weighted by molar-refractivity contribution is 0.533. The highest BCUT2D eigenvalue weighted by molar-refractivity contribution is 7.98. The van der Waals surface area contributed by atoms with E-state index in [0.717, 1.165) is 11.1 Å². The summed E-state index contributed by atoms with van der Waals surface area (Å²) in [6, 6.07) is 5.94. The second-order valence-corrected chi connectivity index (χ2v) is 3.53. The molecule has 2 aromatic rings. The van der Waals surface area contributed by atoms with Crippen LogP contribution in [-0.2, 0) is 6.54 Å². The van der Waals surface area contributed by atoms with Crippen LogP contribution in [0.4, 0.5) is 0 Å². The number of nitrogens with two attached hydrogens (primary N) is 1. The fourth-order valence-electron chi connectivity index (χ4n) is 1.17. The Kier molecular flexibility index (Phi) is 2.24. The van der Waals surface area contributed by atoms with E-state index >= 15 is 0 Å². The summed E-state index contributed by atoms with van der Waals surface area (Å²) in [4.78, 5) is 5.42. The van der Waals surface area contributed by atoms with Crippen molar-refractivity contribution < 1.29 is 4.42 Å². The van der Waals surface area contributed by atoms with Gasteiger partial charge in [-0.1, -0.05) is 0 Å². The summed E-state index contributed by atoms with van der Waals surface area (Å²) in [6.45, 7) is 0.350. The topological polar surface area (TPSA) is 52.0 Å². The van der Waals surface area contributed by atoms with Crippen molar-refractivity contribution >= 4 is 22.9 Å². The third-order valence-electron chi connectivity index (χ3n) is 1.81. The Bertz CT molecular complexity index is 422. The van der Waals surface area contributed by atoms with Gasteiger partial charge in [0.1, 0.15) is 5.52 Å². The lowest BCUT2D eigenvalue weighted by atomic mass is 10.3. The Morgan fingerprint density at radius 1 is 1.54 bits per heavy atom. The standard InChI is InChI=1S/C9H10N2OS/c1-13-6-2-3-8-7(4-6)11-9(5-10)12-8/h2-4H,5,10H2,1H3. The molecule has 0 fully saturated rings. The molecule has 1 aromatic heterocycles. The van der Waals surface area contributed by atoms with Crippen molar-refractivity contribution in [2.45, 2.75) is 11.4 Å². The van der Waals surface area contributed by atoms with Crippen molar-refractivity contribution in [3.63, 3.8) is 0 Å². The van der Waals surface area contributed by atoms with E-state index in [1.54, 1.807) is 11.8 Å². The summed E-state index contributed by atoms with van der Waals surface area (Å²) >= 11 is 1.69. The predicted molar refractivity (Wildman–Crippen MR) is 53.7 cm³/mol. The number of aromatic nitrogens is 1. The zero-order chi connectivity index (χ0) is 9.26. The third kappa shape index (κ3) is 1.55. The number of hydrogen-bond acceptors (Lipinski definition) is 4. The second-order valence-electron chi connectivity index (χ2n) is 2.65. The van der Waals surface area contributed by atoms with Crippen molar-refractivity contribution in [3.8, 4) is 0 Å². The van der Waals surface area contributed by atoms with E-state index in [1.165, 1.54) is 4.90 Å². The Hall–Kier alpha value is -1.00. The van der Waals surface area contributed by atoms with Gasteiger partial charge in [0.05, 0.1) is 6.54 Å². The molecule has 0 saturated heterocycles. The maximum absolute atomic E-state index is 5.42. The first-order valence-electron chi connectivity index (χ1n) is 3.97. The van der Waals surface area contributed by atoms with Crippen molar-refractivity contribution in [3.05, 3.63) is 24.1 Å². The van der Waals surface area contributed by atoms with Gasteiger partial charge in [0, 0.05) is 4.90 Å². The van der Waals surface area contributed by atoms with Crippen molar-refractivity contribution in [2.24, 2.45) is 5.73 Å². The molecule has 1 aromatic carbocycles. The molecule has 68 valence electrons. The maximum atomic E-state index is 5.42. The van der Waals surface area contributed by atoms with Gasteiger partial charge in [0.15, 0.2) is 5.58 Å². The maximum Gasteiger partial charge on any atom is 0.209 e. The first-order valence-corrected chi connectivity index (χ1v) is 5.19. The largest absolute Gasteiger partial charge is 0.439 e. The van der Waals surface area contributed by atoms with E-state index in [-0.39, 0.29) is 0 Å². The van der Waals surface area contributed by atoms with Crippen molar-refractivity contribution in [2.75, 3.05) is 6.26 Å². The summed E-state index contributed by atoms with van der Waals surface area (Å²) in [6.07, 6.45) is 2.03. The van der Waals surface area contributed by atoms with Crippen LogP contribution in [0.15, 0.2) is 27.5 Å². The van der Waals surface area contributed by atoms with Crippen LogP contribution >= 0.6 is 11.8 Å². The molecule has 0 saturated carbocycles. The number of nitrogens with zero attached hydrogens (tertiary/aromatic N) is 1. The molecule has 0 unspecified atom stereocenters. The van der Waals surface area contributed by atoms with Gasteiger partial charge in [-0.3, -0.25) is 0 Å². The van der Waals surface area contributed by atoms with E-state index in [0.29, 0.717) is 12.4 Å². The Labute approximate surface area is 80.3 Å². The molecule has 3 nitrogen and oxygen atoms in total. The fourth-order valence-corrected chi connectivity index (χ4v) is 1.60. The Morgan fingerprint density at radius 2 is 2.38 bits per heavy atom. The van der Waals surface area contributed by atoms with Gasteiger partial charge in [0.25, 0.3) is 0 Å². The van der Waals surface area contributed by atoms with Crippen LogP contribution in [0.25, 0.3) is 11.1 Å². The van der Waals surface area contributed by atoms with Gasteiger partial charge in [-0.25, -0.2) is 4.98 Å². The number of oxazole rings is 1. The molecule has 0 amide bonds. The van der Waals surface area contributed by atoms with Crippen molar-refractivity contribution in [1.29, 1.82) is 0 Å². The third-order valence-corrected chi connectivity index (χ3v) is 2.54.